The molecule has 0 atom stereocenters. The van der Waals surface area contributed by atoms with Crippen LogP contribution >= 0.6 is 0 Å². The van der Waals surface area contributed by atoms with E-state index in [1.165, 1.54) is 18.6 Å². The Morgan fingerprint density at radius 2 is 1.57 bits per heavy atom. The molecule has 160 valence electrons. The highest BCUT2D eigenvalue weighted by atomic mass is 19.4. The van der Waals surface area contributed by atoms with Gasteiger partial charge in [0.2, 0.25) is 5.91 Å². The van der Waals surface area contributed by atoms with Crippen LogP contribution < -0.4 is 5.32 Å². The van der Waals surface area contributed by atoms with Crippen LogP contribution in [0.5, 0.6) is 0 Å². The number of alkyl halides is 3. The van der Waals surface area contributed by atoms with Crippen LogP contribution in [0.2, 0.25) is 0 Å². The standard InChI is InChI=1S/C23H25F3N2O2/c1-28(20-5-3-2-4-6-20)22(30)17-9-13-19(14-10-17)27-21(29)15-16-7-11-18(12-8-16)23(24,25)26/h7-14,20H,2-6,15H2,1H3,(H,27,29). The predicted octanol–water partition coefficient (Wildman–Crippen LogP) is 5.29. The zero-order chi connectivity index (χ0) is 21.7. The molecule has 0 aromatic heterocycles. The van der Waals surface area contributed by atoms with Gasteiger partial charge >= 0.3 is 6.18 Å². The van der Waals surface area contributed by atoms with E-state index < -0.39 is 11.7 Å². The van der Waals surface area contributed by atoms with E-state index in [-0.39, 0.29) is 24.3 Å². The summed E-state index contributed by atoms with van der Waals surface area (Å²) < 4.78 is 37.8. The van der Waals surface area contributed by atoms with E-state index in [1.54, 1.807) is 29.2 Å². The summed E-state index contributed by atoms with van der Waals surface area (Å²) in [5.74, 6) is -0.377. The van der Waals surface area contributed by atoms with Gasteiger partial charge in [-0.05, 0) is 54.8 Å². The van der Waals surface area contributed by atoms with Gasteiger partial charge in [-0.2, -0.15) is 13.2 Å². The van der Waals surface area contributed by atoms with E-state index >= 15 is 0 Å². The van der Waals surface area contributed by atoms with Crippen LogP contribution in [0.25, 0.3) is 0 Å². The number of benzene rings is 2. The van der Waals surface area contributed by atoms with Crippen molar-refractivity contribution < 1.29 is 22.8 Å². The van der Waals surface area contributed by atoms with E-state index in [0.717, 1.165) is 37.8 Å². The Balaban J connectivity index is 1.55. The molecule has 0 spiro atoms. The van der Waals surface area contributed by atoms with Gasteiger partial charge in [0.15, 0.2) is 0 Å². The second kappa shape index (κ2) is 9.32. The number of hydrogen-bond donors (Lipinski definition) is 1. The first-order valence-electron chi connectivity index (χ1n) is 10.1. The largest absolute Gasteiger partial charge is 0.416 e. The minimum absolute atomic E-state index is 0.0375. The summed E-state index contributed by atoms with van der Waals surface area (Å²) in [6, 6.07) is 11.5. The summed E-state index contributed by atoms with van der Waals surface area (Å²) >= 11 is 0. The molecule has 30 heavy (non-hydrogen) atoms. The summed E-state index contributed by atoms with van der Waals surface area (Å²) in [6.45, 7) is 0. The maximum atomic E-state index is 12.7. The third-order valence-corrected chi connectivity index (χ3v) is 5.50. The summed E-state index contributed by atoms with van der Waals surface area (Å²) in [6.07, 6.45) is 1.13. The molecule has 2 amide bonds. The summed E-state index contributed by atoms with van der Waals surface area (Å²) in [7, 11) is 1.83. The highest BCUT2D eigenvalue weighted by molar-refractivity contribution is 5.96. The molecule has 1 aliphatic carbocycles. The van der Waals surface area contributed by atoms with E-state index in [4.69, 9.17) is 0 Å². The Kier molecular flexibility index (Phi) is 6.80. The SMILES string of the molecule is CN(C(=O)c1ccc(NC(=O)Cc2ccc(C(F)(F)F)cc2)cc1)C1CCCCC1. The molecule has 1 aliphatic rings. The van der Waals surface area contributed by atoms with Crippen LogP contribution in [0, 0.1) is 0 Å². The van der Waals surface area contributed by atoms with Gasteiger partial charge in [0.25, 0.3) is 5.91 Å². The number of nitrogens with one attached hydrogen (secondary N) is 1. The highest BCUT2D eigenvalue weighted by Gasteiger charge is 2.30. The zero-order valence-corrected chi connectivity index (χ0v) is 16.8. The molecule has 3 rings (SSSR count). The summed E-state index contributed by atoms with van der Waals surface area (Å²) in [5.41, 5.74) is 0.833. The van der Waals surface area contributed by atoms with Crippen molar-refractivity contribution >= 4 is 17.5 Å². The molecule has 1 fully saturated rings. The van der Waals surface area contributed by atoms with E-state index in [9.17, 15) is 22.8 Å². The highest BCUT2D eigenvalue weighted by Crippen LogP contribution is 2.29. The molecule has 0 heterocycles. The predicted molar refractivity (Wildman–Crippen MR) is 109 cm³/mol. The van der Waals surface area contributed by atoms with Gasteiger partial charge in [-0.3, -0.25) is 9.59 Å². The van der Waals surface area contributed by atoms with Gasteiger partial charge in [0, 0.05) is 24.3 Å². The molecular weight excluding hydrogens is 393 g/mol. The normalized spacial score (nSPS) is 14.9. The van der Waals surface area contributed by atoms with Crippen LogP contribution in [-0.4, -0.2) is 29.8 Å². The fourth-order valence-electron chi connectivity index (χ4n) is 3.74. The topological polar surface area (TPSA) is 49.4 Å². The first-order valence-corrected chi connectivity index (χ1v) is 10.1. The lowest BCUT2D eigenvalue weighted by Crippen LogP contribution is -2.38. The summed E-state index contributed by atoms with van der Waals surface area (Å²) in [4.78, 5) is 26.7. The van der Waals surface area contributed by atoms with E-state index in [2.05, 4.69) is 5.32 Å². The lowest BCUT2D eigenvalue weighted by Gasteiger charge is -2.31. The molecule has 0 bridgehead atoms. The number of carbonyl (C=O) groups is 2. The fraction of sp³-hybridized carbons (Fsp3) is 0.391. The van der Waals surface area contributed by atoms with Crippen molar-refractivity contribution in [1.29, 1.82) is 0 Å². The monoisotopic (exact) mass is 418 g/mol. The van der Waals surface area contributed by atoms with Crippen molar-refractivity contribution in [2.75, 3.05) is 12.4 Å². The van der Waals surface area contributed by atoms with E-state index in [0.29, 0.717) is 16.8 Å². The molecule has 7 heteroatoms. The Hall–Kier alpha value is -2.83. The second-order valence-corrected chi connectivity index (χ2v) is 7.70. The molecule has 2 aromatic rings. The molecule has 0 unspecified atom stereocenters. The molecule has 4 nitrogen and oxygen atoms in total. The lowest BCUT2D eigenvalue weighted by atomic mass is 9.94. The first kappa shape index (κ1) is 21.9. The van der Waals surface area contributed by atoms with Gasteiger partial charge in [0.1, 0.15) is 0 Å². The molecule has 1 N–H and O–H groups in total. The van der Waals surface area contributed by atoms with Gasteiger partial charge in [0.05, 0.1) is 12.0 Å². The quantitative estimate of drug-likeness (QED) is 0.717. The number of anilines is 1. The minimum Gasteiger partial charge on any atom is -0.339 e. The fourth-order valence-corrected chi connectivity index (χ4v) is 3.74. The minimum atomic E-state index is -4.40. The second-order valence-electron chi connectivity index (χ2n) is 7.70. The molecule has 2 aromatic carbocycles. The molecule has 0 saturated heterocycles. The van der Waals surface area contributed by atoms with Crippen molar-refractivity contribution in [2.24, 2.45) is 0 Å². The van der Waals surface area contributed by atoms with Crippen LogP contribution in [0.15, 0.2) is 48.5 Å². The molecule has 1 saturated carbocycles. The summed E-state index contributed by atoms with van der Waals surface area (Å²) in [5, 5.41) is 2.71. The van der Waals surface area contributed by atoms with Crippen molar-refractivity contribution in [3.63, 3.8) is 0 Å². The van der Waals surface area contributed by atoms with Crippen molar-refractivity contribution in [3.8, 4) is 0 Å². The molecule has 0 radical (unpaired) electrons. The van der Waals surface area contributed by atoms with Crippen molar-refractivity contribution in [1.82, 2.24) is 4.90 Å². The number of carbonyl (C=O) groups excluding carboxylic acids is 2. The van der Waals surface area contributed by atoms with E-state index in [1.807, 2.05) is 7.05 Å². The third-order valence-electron chi connectivity index (χ3n) is 5.50. The van der Waals surface area contributed by atoms with Gasteiger partial charge in [-0.1, -0.05) is 31.4 Å². The number of rotatable bonds is 5. The Labute approximate surface area is 174 Å². The average Bonchev–Trinajstić information content (AvgIpc) is 2.73. The Bertz CT molecular complexity index is 871. The van der Waals surface area contributed by atoms with Crippen molar-refractivity contribution in [3.05, 3.63) is 65.2 Å². The Morgan fingerprint density at radius 1 is 0.967 bits per heavy atom. The van der Waals surface area contributed by atoms with Gasteiger partial charge < -0.3 is 10.2 Å². The van der Waals surface area contributed by atoms with Crippen LogP contribution in [0.3, 0.4) is 0 Å². The smallest absolute Gasteiger partial charge is 0.339 e. The number of nitrogens with zero attached hydrogens (tertiary/aromatic N) is 1. The first-order chi connectivity index (χ1) is 14.2. The van der Waals surface area contributed by atoms with Gasteiger partial charge in [-0.25, -0.2) is 0 Å². The average molecular weight is 418 g/mol. The van der Waals surface area contributed by atoms with Crippen LogP contribution in [0.1, 0.15) is 53.6 Å². The van der Waals surface area contributed by atoms with Crippen molar-refractivity contribution in [2.45, 2.75) is 50.7 Å². The number of hydrogen-bond acceptors (Lipinski definition) is 2. The Morgan fingerprint density at radius 3 is 2.13 bits per heavy atom. The van der Waals surface area contributed by atoms with Crippen LogP contribution in [-0.2, 0) is 17.4 Å². The zero-order valence-electron chi connectivity index (χ0n) is 16.8. The maximum Gasteiger partial charge on any atom is 0.416 e. The van der Waals surface area contributed by atoms with Gasteiger partial charge in [-0.15, -0.1) is 0 Å². The maximum absolute atomic E-state index is 12.7. The number of halogens is 3. The molecular formula is C23H25F3N2O2. The van der Waals surface area contributed by atoms with Crippen LogP contribution in [0.4, 0.5) is 18.9 Å². The lowest BCUT2D eigenvalue weighted by molar-refractivity contribution is -0.137. The third kappa shape index (κ3) is 5.62. The molecule has 0 aliphatic heterocycles. The number of amides is 2.